The van der Waals surface area contributed by atoms with Gasteiger partial charge in [0.2, 0.25) is 0 Å². The summed E-state index contributed by atoms with van der Waals surface area (Å²) in [5.41, 5.74) is 0.431. The van der Waals surface area contributed by atoms with Crippen molar-refractivity contribution in [2.45, 2.75) is 57.5 Å². The molecule has 24 heavy (non-hydrogen) atoms. The van der Waals surface area contributed by atoms with Gasteiger partial charge in [-0.2, -0.15) is 0 Å². The van der Waals surface area contributed by atoms with Gasteiger partial charge in [-0.25, -0.2) is 4.98 Å². The minimum Gasteiger partial charge on any atom is -0.378 e. The second-order valence-corrected chi connectivity index (χ2v) is 6.70. The van der Waals surface area contributed by atoms with Crippen molar-refractivity contribution in [3.8, 4) is 0 Å². The zero-order valence-corrected chi connectivity index (χ0v) is 14.4. The molecule has 1 aliphatic heterocycles. The maximum Gasteiger partial charge on any atom is 0.274 e. The quantitative estimate of drug-likeness (QED) is 0.778. The first-order valence-electron chi connectivity index (χ1n) is 9.30. The lowest BCUT2D eigenvalue weighted by Crippen LogP contribution is -2.28. The highest BCUT2D eigenvalue weighted by atomic mass is 16.5. The van der Waals surface area contributed by atoms with E-state index in [4.69, 9.17) is 4.74 Å². The van der Waals surface area contributed by atoms with Gasteiger partial charge >= 0.3 is 0 Å². The van der Waals surface area contributed by atoms with Gasteiger partial charge in [-0.3, -0.25) is 9.78 Å². The van der Waals surface area contributed by atoms with Crippen molar-refractivity contribution in [2.75, 3.05) is 31.6 Å². The highest BCUT2D eigenvalue weighted by molar-refractivity contribution is 5.92. The number of ether oxygens (including phenoxy) is 1. The van der Waals surface area contributed by atoms with Crippen LogP contribution in [0, 0.1) is 0 Å². The Labute approximate surface area is 144 Å². The molecule has 1 aromatic heterocycles. The number of anilines is 1. The van der Waals surface area contributed by atoms with E-state index >= 15 is 0 Å². The second kappa shape index (κ2) is 8.97. The lowest BCUT2D eigenvalue weighted by molar-refractivity contribution is 0.0284. The number of aromatic nitrogens is 2. The molecule has 132 valence electrons. The van der Waals surface area contributed by atoms with Gasteiger partial charge in [0.15, 0.2) is 0 Å². The molecule has 0 radical (unpaired) electrons. The third kappa shape index (κ3) is 4.90. The molecule has 6 heteroatoms. The fraction of sp³-hybridized carbons (Fsp3) is 0.722. The van der Waals surface area contributed by atoms with Crippen LogP contribution in [0.1, 0.15) is 61.9 Å². The molecule has 0 bridgehead atoms. The third-order valence-electron chi connectivity index (χ3n) is 4.78. The van der Waals surface area contributed by atoms with Gasteiger partial charge in [-0.05, 0) is 32.1 Å². The summed E-state index contributed by atoms with van der Waals surface area (Å²) in [5.74, 6) is 0.655. The van der Waals surface area contributed by atoms with Gasteiger partial charge < -0.3 is 15.0 Å². The molecule has 3 rings (SSSR count). The van der Waals surface area contributed by atoms with E-state index in [0.29, 0.717) is 17.6 Å². The topological polar surface area (TPSA) is 67.3 Å². The number of carbonyl (C=O) groups is 1. The first kappa shape index (κ1) is 17.1. The summed E-state index contributed by atoms with van der Waals surface area (Å²) >= 11 is 0. The summed E-state index contributed by atoms with van der Waals surface area (Å²) in [6, 6.07) is 0. The average Bonchev–Trinajstić information content (AvgIpc) is 3.17. The zero-order chi connectivity index (χ0) is 16.6. The predicted octanol–water partition coefficient (Wildman–Crippen LogP) is 2.86. The molecule has 2 aliphatic rings. The van der Waals surface area contributed by atoms with Crippen molar-refractivity contribution < 1.29 is 9.53 Å². The smallest absolute Gasteiger partial charge is 0.274 e. The Hall–Kier alpha value is -1.69. The molecular formula is C18H28N4O2. The lowest BCUT2D eigenvalue weighted by atomic mass is 9.98. The number of likely N-dealkylation sites (tertiary alicyclic amines) is 1. The minimum atomic E-state index is -0.00992. The number of nitrogens with one attached hydrogen (secondary N) is 1. The van der Waals surface area contributed by atoms with Crippen LogP contribution in [0.3, 0.4) is 0 Å². The molecule has 2 heterocycles. The number of nitrogens with zero attached hydrogens (tertiary/aromatic N) is 3. The van der Waals surface area contributed by atoms with Crippen molar-refractivity contribution in [1.29, 1.82) is 0 Å². The fourth-order valence-corrected chi connectivity index (χ4v) is 3.41. The second-order valence-electron chi connectivity index (χ2n) is 6.70. The predicted molar refractivity (Wildman–Crippen MR) is 93.1 cm³/mol. The molecule has 1 saturated carbocycles. The van der Waals surface area contributed by atoms with Crippen molar-refractivity contribution >= 4 is 11.7 Å². The number of hydrogen-bond donors (Lipinski definition) is 1. The molecule has 2 fully saturated rings. The molecule has 0 atom stereocenters. The monoisotopic (exact) mass is 332 g/mol. The van der Waals surface area contributed by atoms with Crippen LogP contribution in [0.25, 0.3) is 0 Å². The van der Waals surface area contributed by atoms with Crippen molar-refractivity contribution in [3.63, 3.8) is 0 Å². The molecule has 1 aromatic rings. The summed E-state index contributed by atoms with van der Waals surface area (Å²) in [6.07, 6.45) is 13.2. The third-order valence-corrected chi connectivity index (χ3v) is 4.78. The summed E-state index contributed by atoms with van der Waals surface area (Å²) in [6.45, 7) is 3.22. The standard InChI is InChI=1S/C18H28N4O2/c23-18(22-10-4-5-11-22)16-13-19-14-17(21-16)20-9-6-12-24-15-7-2-1-3-8-15/h13-15H,1-12H2,(H,20,21). The van der Waals surface area contributed by atoms with E-state index in [2.05, 4.69) is 15.3 Å². The molecule has 1 aliphatic carbocycles. The Kier molecular flexibility index (Phi) is 6.41. The van der Waals surface area contributed by atoms with Crippen LogP contribution in [0.15, 0.2) is 12.4 Å². The van der Waals surface area contributed by atoms with E-state index in [1.165, 1.54) is 32.1 Å². The van der Waals surface area contributed by atoms with E-state index in [-0.39, 0.29) is 5.91 Å². The fourth-order valence-electron chi connectivity index (χ4n) is 3.41. The van der Waals surface area contributed by atoms with E-state index in [0.717, 1.165) is 45.5 Å². The molecule has 1 amide bonds. The van der Waals surface area contributed by atoms with Crippen LogP contribution in [0.2, 0.25) is 0 Å². The average molecular weight is 332 g/mol. The van der Waals surface area contributed by atoms with E-state index < -0.39 is 0 Å². The Morgan fingerprint density at radius 2 is 1.96 bits per heavy atom. The maximum atomic E-state index is 12.3. The summed E-state index contributed by atoms with van der Waals surface area (Å²) in [7, 11) is 0. The van der Waals surface area contributed by atoms with E-state index in [9.17, 15) is 4.79 Å². The molecule has 6 nitrogen and oxygen atoms in total. The van der Waals surface area contributed by atoms with Crippen molar-refractivity contribution in [2.24, 2.45) is 0 Å². The Morgan fingerprint density at radius 1 is 1.17 bits per heavy atom. The summed E-state index contributed by atoms with van der Waals surface area (Å²) in [5, 5.41) is 3.24. The van der Waals surface area contributed by atoms with Gasteiger partial charge in [0.05, 0.1) is 18.5 Å². The van der Waals surface area contributed by atoms with Gasteiger partial charge in [0.25, 0.3) is 5.91 Å². The SMILES string of the molecule is O=C(c1cncc(NCCCOC2CCCCC2)n1)N1CCCC1. The number of hydrogen-bond acceptors (Lipinski definition) is 5. The van der Waals surface area contributed by atoms with E-state index in [1.54, 1.807) is 12.4 Å². The lowest BCUT2D eigenvalue weighted by Gasteiger charge is -2.21. The number of amides is 1. The van der Waals surface area contributed by atoms with Crippen molar-refractivity contribution in [3.05, 3.63) is 18.1 Å². The van der Waals surface area contributed by atoms with Crippen LogP contribution >= 0.6 is 0 Å². The Morgan fingerprint density at radius 3 is 2.75 bits per heavy atom. The molecule has 1 saturated heterocycles. The van der Waals surface area contributed by atoms with Crippen molar-refractivity contribution in [1.82, 2.24) is 14.9 Å². The van der Waals surface area contributed by atoms with E-state index in [1.807, 2.05) is 4.90 Å². The van der Waals surface area contributed by atoms with Gasteiger partial charge in [-0.15, -0.1) is 0 Å². The number of rotatable bonds is 7. The maximum absolute atomic E-state index is 12.3. The molecule has 1 N–H and O–H groups in total. The van der Waals surface area contributed by atoms with Crippen LogP contribution in [-0.4, -0.2) is 53.1 Å². The molecule has 0 aromatic carbocycles. The highest BCUT2D eigenvalue weighted by Gasteiger charge is 2.21. The zero-order valence-electron chi connectivity index (χ0n) is 14.4. The first-order chi connectivity index (χ1) is 11.8. The summed E-state index contributed by atoms with van der Waals surface area (Å²) in [4.78, 5) is 22.7. The first-order valence-corrected chi connectivity index (χ1v) is 9.30. The van der Waals surface area contributed by atoms with Crippen LogP contribution in [0.4, 0.5) is 5.82 Å². The summed E-state index contributed by atoms with van der Waals surface area (Å²) < 4.78 is 5.91. The largest absolute Gasteiger partial charge is 0.378 e. The highest BCUT2D eigenvalue weighted by Crippen LogP contribution is 2.20. The Balaban J connectivity index is 1.39. The molecular weight excluding hydrogens is 304 g/mol. The van der Waals surface area contributed by atoms with Gasteiger partial charge in [0.1, 0.15) is 11.5 Å². The van der Waals surface area contributed by atoms with Gasteiger partial charge in [0, 0.05) is 26.2 Å². The normalized spacial score (nSPS) is 18.8. The molecule has 0 spiro atoms. The van der Waals surface area contributed by atoms with Gasteiger partial charge in [-0.1, -0.05) is 19.3 Å². The molecule has 0 unspecified atom stereocenters. The van der Waals surface area contributed by atoms with Crippen LogP contribution in [-0.2, 0) is 4.74 Å². The Bertz CT molecular complexity index is 526. The van der Waals surface area contributed by atoms with Crippen LogP contribution in [0.5, 0.6) is 0 Å². The minimum absolute atomic E-state index is 0.00992. The van der Waals surface area contributed by atoms with Crippen LogP contribution < -0.4 is 5.32 Å². The number of carbonyl (C=O) groups excluding carboxylic acids is 1.